The summed E-state index contributed by atoms with van der Waals surface area (Å²) in [6.45, 7) is 10.8. The topological polar surface area (TPSA) is 32.5 Å². The number of hydrogen-bond donors (Lipinski definition) is 1. The van der Waals surface area contributed by atoms with E-state index in [4.69, 9.17) is 5.73 Å². The summed E-state index contributed by atoms with van der Waals surface area (Å²) in [7, 11) is 2.20. The lowest BCUT2D eigenvalue weighted by atomic mass is 9.92. The van der Waals surface area contributed by atoms with Gasteiger partial charge in [0.15, 0.2) is 0 Å². The van der Waals surface area contributed by atoms with Crippen LogP contribution in [0.1, 0.15) is 19.4 Å². The summed E-state index contributed by atoms with van der Waals surface area (Å²) < 4.78 is 0. The minimum Gasteiger partial charge on any atom is -0.365 e. The van der Waals surface area contributed by atoms with Crippen LogP contribution in [0.5, 0.6) is 0 Å². The fraction of sp³-hybridized carbons (Fsp3) is 0.625. The van der Waals surface area contributed by atoms with Crippen LogP contribution < -0.4 is 10.6 Å². The maximum absolute atomic E-state index is 6.03. The molecule has 0 bridgehead atoms. The number of likely N-dealkylation sites (N-methyl/N-ethyl adjacent to an activating group) is 1. The highest BCUT2D eigenvalue weighted by Crippen LogP contribution is 2.30. The molecule has 1 aliphatic heterocycles. The van der Waals surface area contributed by atoms with Gasteiger partial charge in [0, 0.05) is 31.9 Å². The van der Waals surface area contributed by atoms with E-state index < -0.39 is 0 Å². The van der Waals surface area contributed by atoms with Crippen molar-refractivity contribution < 1.29 is 0 Å². The third-order valence-electron chi connectivity index (χ3n) is 3.96. The van der Waals surface area contributed by atoms with Crippen LogP contribution in [0.3, 0.4) is 0 Å². The number of aryl methyl sites for hydroxylation is 1. The van der Waals surface area contributed by atoms with Crippen molar-refractivity contribution in [1.29, 1.82) is 0 Å². The Labute approximate surface area is 117 Å². The molecule has 106 valence electrons. The van der Waals surface area contributed by atoms with E-state index in [2.05, 4.69) is 61.9 Å². The maximum Gasteiger partial charge on any atom is 0.0539 e. The minimum atomic E-state index is 0.279. The van der Waals surface area contributed by atoms with E-state index in [0.717, 1.165) is 19.6 Å². The van der Waals surface area contributed by atoms with Gasteiger partial charge in [-0.2, -0.15) is 0 Å². The molecule has 1 fully saturated rings. The highest BCUT2D eigenvalue weighted by Gasteiger charge is 2.32. The van der Waals surface area contributed by atoms with E-state index in [0.29, 0.717) is 12.6 Å². The van der Waals surface area contributed by atoms with Crippen molar-refractivity contribution in [3.05, 3.63) is 29.8 Å². The molecular weight excluding hydrogens is 234 g/mol. The quantitative estimate of drug-likeness (QED) is 0.885. The number of anilines is 1. The minimum absolute atomic E-state index is 0.279. The SMILES string of the molecule is Cc1ccccc1N1CC(C)(C)CN(C)CC1CN. The van der Waals surface area contributed by atoms with Crippen LogP contribution in [-0.2, 0) is 0 Å². The monoisotopic (exact) mass is 261 g/mol. The van der Waals surface area contributed by atoms with Gasteiger partial charge in [0.2, 0.25) is 0 Å². The normalized spacial score (nSPS) is 24.3. The molecule has 1 aromatic carbocycles. The van der Waals surface area contributed by atoms with Crippen LogP contribution in [-0.4, -0.2) is 44.2 Å². The van der Waals surface area contributed by atoms with Gasteiger partial charge in [0.05, 0.1) is 6.04 Å². The molecule has 3 nitrogen and oxygen atoms in total. The number of benzene rings is 1. The first-order valence-corrected chi connectivity index (χ1v) is 7.14. The van der Waals surface area contributed by atoms with Gasteiger partial charge in [-0.3, -0.25) is 0 Å². The highest BCUT2D eigenvalue weighted by molar-refractivity contribution is 5.54. The Morgan fingerprint density at radius 2 is 1.95 bits per heavy atom. The van der Waals surface area contributed by atoms with Gasteiger partial charge in [-0.25, -0.2) is 0 Å². The third-order valence-corrected chi connectivity index (χ3v) is 3.96. The first-order valence-electron chi connectivity index (χ1n) is 7.14. The smallest absolute Gasteiger partial charge is 0.0539 e. The third kappa shape index (κ3) is 3.28. The lowest BCUT2D eigenvalue weighted by Crippen LogP contribution is -2.46. The number of hydrogen-bond acceptors (Lipinski definition) is 3. The molecule has 1 atom stereocenters. The molecule has 19 heavy (non-hydrogen) atoms. The zero-order valence-electron chi connectivity index (χ0n) is 12.7. The molecule has 1 heterocycles. The lowest BCUT2D eigenvalue weighted by molar-refractivity contribution is 0.239. The largest absolute Gasteiger partial charge is 0.365 e. The van der Waals surface area contributed by atoms with Gasteiger partial charge in [-0.1, -0.05) is 32.0 Å². The summed E-state index contributed by atoms with van der Waals surface area (Å²) >= 11 is 0. The van der Waals surface area contributed by atoms with Crippen LogP contribution in [0.25, 0.3) is 0 Å². The first kappa shape index (κ1) is 14.4. The summed E-state index contributed by atoms with van der Waals surface area (Å²) in [6.07, 6.45) is 0. The summed E-state index contributed by atoms with van der Waals surface area (Å²) in [5, 5.41) is 0. The average molecular weight is 261 g/mol. The molecule has 0 saturated carbocycles. The Morgan fingerprint density at radius 1 is 1.26 bits per heavy atom. The molecule has 2 rings (SSSR count). The summed E-state index contributed by atoms with van der Waals surface area (Å²) in [5.74, 6) is 0. The van der Waals surface area contributed by atoms with E-state index in [1.54, 1.807) is 0 Å². The molecule has 3 heteroatoms. The summed E-state index contributed by atoms with van der Waals surface area (Å²) in [4.78, 5) is 4.93. The second-order valence-corrected chi connectivity index (χ2v) is 6.66. The molecule has 1 aliphatic rings. The maximum atomic E-state index is 6.03. The summed E-state index contributed by atoms with van der Waals surface area (Å²) in [5.41, 5.74) is 8.98. The van der Waals surface area contributed by atoms with Gasteiger partial charge in [-0.05, 0) is 31.0 Å². The van der Waals surface area contributed by atoms with Gasteiger partial charge in [0.1, 0.15) is 0 Å². The molecule has 1 saturated heterocycles. The Morgan fingerprint density at radius 3 is 2.58 bits per heavy atom. The van der Waals surface area contributed by atoms with E-state index in [9.17, 15) is 0 Å². The predicted octanol–water partition coefficient (Wildman–Crippen LogP) is 2.10. The van der Waals surface area contributed by atoms with Crippen LogP contribution in [0.4, 0.5) is 5.69 Å². The molecule has 0 spiro atoms. The molecule has 2 N–H and O–H groups in total. The average Bonchev–Trinajstić information content (AvgIpc) is 2.44. The Balaban J connectivity index is 2.36. The van der Waals surface area contributed by atoms with Gasteiger partial charge >= 0.3 is 0 Å². The Kier molecular flexibility index (Phi) is 4.16. The zero-order valence-corrected chi connectivity index (χ0v) is 12.7. The highest BCUT2D eigenvalue weighted by atomic mass is 15.3. The van der Waals surface area contributed by atoms with Crippen molar-refractivity contribution >= 4 is 5.69 Å². The molecule has 0 amide bonds. The van der Waals surface area contributed by atoms with Crippen molar-refractivity contribution in [3.63, 3.8) is 0 Å². The number of para-hydroxylation sites is 1. The summed E-state index contributed by atoms with van der Waals surface area (Å²) in [6, 6.07) is 9.03. The molecule has 1 aromatic rings. The molecule has 0 radical (unpaired) electrons. The van der Waals surface area contributed by atoms with Crippen molar-refractivity contribution in [1.82, 2.24) is 4.90 Å². The predicted molar refractivity (Wildman–Crippen MR) is 82.6 cm³/mol. The number of rotatable bonds is 2. The van der Waals surface area contributed by atoms with Crippen molar-refractivity contribution in [2.75, 3.05) is 38.1 Å². The van der Waals surface area contributed by atoms with Crippen molar-refractivity contribution in [2.24, 2.45) is 11.1 Å². The van der Waals surface area contributed by atoms with E-state index >= 15 is 0 Å². The van der Waals surface area contributed by atoms with Crippen molar-refractivity contribution in [2.45, 2.75) is 26.8 Å². The zero-order chi connectivity index (χ0) is 14.0. The van der Waals surface area contributed by atoms with Crippen LogP contribution in [0.15, 0.2) is 24.3 Å². The number of nitrogens with two attached hydrogens (primary N) is 1. The Bertz CT molecular complexity index is 428. The van der Waals surface area contributed by atoms with Gasteiger partial charge in [-0.15, -0.1) is 0 Å². The molecule has 1 unspecified atom stereocenters. The second kappa shape index (κ2) is 5.51. The van der Waals surface area contributed by atoms with E-state index in [-0.39, 0.29) is 5.41 Å². The van der Waals surface area contributed by atoms with Gasteiger partial charge < -0.3 is 15.5 Å². The second-order valence-electron chi connectivity index (χ2n) is 6.66. The fourth-order valence-electron chi connectivity index (χ4n) is 3.26. The van der Waals surface area contributed by atoms with Gasteiger partial charge in [0.25, 0.3) is 0 Å². The first-order chi connectivity index (χ1) is 8.93. The van der Waals surface area contributed by atoms with Crippen LogP contribution >= 0.6 is 0 Å². The van der Waals surface area contributed by atoms with E-state index in [1.807, 2.05) is 0 Å². The van der Waals surface area contributed by atoms with E-state index in [1.165, 1.54) is 11.3 Å². The molecular formula is C16H27N3. The lowest BCUT2D eigenvalue weighted by Gasteiger charge is -2.36. The number of nitrogens with zero attached hydrogens (tertiary/aromatic N) is 2. The standard InChI is InChI=1S/C16H27N3/c1-13-7-5-6-8-15(13)19-12-16(2,3)11-18(4)10-14(19)9-17/h5-8,14H,9-12,17H2,1-4H3. The van der Waals surface area contributed by atoms with Crippen LogP contribution in [0, 0.1) is 12.3 Å². The molecule has 0 aliphatic carbocycles. The fourth-order valence-corrected chi connectivity index (χ4v) is 3.26. The molecule has 0 aromatic heterocycles. The van der Waals surface area contributed by atoms with Crippen LogP contribution in [0.2, 0.25) is 0 Å². The Hall–Kier alpha value is -1.06. The van der Waals surface area contributed by atoms with Crippen molar-refractivity contribution in [3.8, 4) is 0 Å².